The van der Waals surface area contributed by atoms with Gasteiger partial charge in [0.1, 0.15) is 0 Å². The fourth-order valence-corrected chi connectivity index (χ4v) is 3.42. The normalized spacial score (nSPS) is 14.0. The molecule has 2 atom stereocenters. The van der Waals surface area contributed by atoms with E-state index in [1.165, 1.54) is 56.9 Å². The zero-order valence-electron chi connectivity index (χ0n) is 19.8. The maximum Gasteiger partial charge on any atom is 0.161 e. The van der Waals surface area contributed by atoms with Crippen molar-refractivity contribution >= 4 is 0 Å². The Kier molecular flexibility index (Phi) is 11.6. The molecule has 0 spiro atoms. The van der Waals surface area contributed by atoms with E-state index in [4.69, 9.17) is 9.47 Å². The van der Waals surface area contributed by atoms with E-state index in [2.05, 4.69) is 66.7 Å². The highest BCUT2D eigenvalue weighted by molar-refractivity contribution is 5.45. The number of rotatable bonds is 14. The summed E-state index contributed by atoms with van der Waals surface area (Å²) < 4.78 is 12.6. The molecule has 162 valence electrons. The van der Waals surface area contributed by atoms with Gasteiger partial charge >= 0.3 is 0 Å². The summed E-state index contributed by atoms with van der Waals surface area (Å²) in [6.07, 6.45) is 9.90. The molecule has 2 heteroatoms. The third kappa shape index (κ3) is 8.88. The van der Waals surface area contributed by atoms with Crippen LogP contribution in [0.15, 0.2) is 18.2 Å². The largest absolute Gasteiger partial charge is 0.489 e. The van der Waals surface area contributed by atoms with Crippen LogP contribution in [-0.4, -0.2) is 13.2 Å². The number of hydrogen-bond donors (Lipinski definition) is 0. The van der Waals surface area contributed by atoms with Crippen molar-refractivity contribution in [3.8, 4) is 11.5 Å². The molecule has 0 aliphatic rings. The van der Waals surface area contributed by atoms with Gasteiger partial charge in [0.05, 0.1) is 13.2 Å². The smallest absolute Gasteiger partial charge is 0.161 e. The van der Waals surface area contributed by atoms with E-state index in [0.717, 1.165) is 24.7 Å². The Bertz CT molecular complexity index is 530. The molecule has 28 heavy (non-hydrogen) atoms. The Morgan fingerprint density at radius 1 is 0.750 bits per heavy atom. The maximum absolute atomic E-state index is 6.35. The van der Waals surface area contributed by atoms with Crippen LogP contribution >= 0.6 is 0 Å². The van der Waals surface area contributed by atoms with Crippen LogP contribution in [-0.2, 0) is 5.41 Å². The summed E-state index contributed by atoms with van der Waals surface area (Å²) in [7, 11) is 0. The molecular formula is C26H46O2. The molecule has 0 aromatic heterocycles. The fraction of sp³-hybridized carbons (Fsp3) is 0.769. The Morgan fingerprint density at radius 3 is 1.68 bits per heavy atom. The zero-order valence-corrected chi connectivity index (χ0v) is 19.8. The maximum atomic E-state index is 6.35. The minimum atomic E-state index is 0.107. The van der Waals surface area contributed by atoms with Gasteiger partial charge in [0.15, 0.2) is 11.5 Å². The van der Waals surface area contributed by atoms with E-state index in [-0.39, 0.29) is 5.41 Å². The summed E-state index contributed by atoms with van der Waals surface area (Å²) in [5.74, 6) is 3.09. The van der Waals surface area contributed by atoms with Gasteiger partial charge in [0.25, 0.3) is 0 Å². The third-order valence-corrected chi connectivity index (χ3v) is 5.85. The number of hydrogen-bond acceptors (Lipinski definition) is 2. The van der Waals surface area contributed by atoms with E-state index in [1.807, 2.05) is 0 Å². The van der Waals surface area contributed by atoms with Gasteiger partial charge in [-0.2, -0.15) is 0 Å². The first kappa shape index (κ1) is 24.9. The van der Waals surface area contributed by atoms with Gasteiger partial charge < -0.3 is 9.47 Å². The molecule has 0 aliphatic carbocycles. The zero-order chi connectivity index (χ0) is 21.0. The summed E-state index contributed by atoms with van der Waals surface area (Å²) in [4.78, 5) is 0. The van der Waals surface area contributed by atoms with Crippen molar-refractivity contribution in [3.05, 3.63) is 23.8 Å². The minimum absolute atomic E-state index is 0.107. The molecule has 0 aliphatic heterocycles. The first-order valence-electron chi connectivity index (χ1n) is 11.8. The monoisotopic (exact) mass is 390 g/mol. The summed E-state index contributed by atoms with van der Waals surface area (Å²) in [5.41, 5.74) is 1.41. The molecule has 1 aromatic carbocycles. The summed E-state index contributed by atoms with van der Waals surface area (Å²) >= 11 is 0. The first-order chi connectivity index (χ1) is 13.3. The molecule has 0 saturated heterocycles. The van der Waals surface area contributed by atoms with Crippen molar-refractivity contribution in [1.82, 2.24) is 0 Å². The number of ether oxygens (including phenoxy) is 2. The second kappa shape index (κ2) is 13.1. The van der Waals surface area contributed by atoms with Gasteiger partial charge in [0, 0.05) is 0 Å². The van der Waals surface area contributed by atoms with Crippen LogP contribution in [0.5, 0.6) is 11.5 Å². The highest BCUT2D eigenvalue weighted by atomic mass is 16.5. The van der Waals surface area contributed by atoms with Gasteiger partial charge in [-0.15, -0.1) is 0 Å². The lowest BCUT2D eigenvalue weighted by Gasteiger charge is -2.24. The van der Waals surface area contributed by atoms with Gasteiger partial charge in [-0.05, 0) is 47.8 Å². The van der Waals surface area contributed by atoms with Crippen molar-refractivity contribution in [2.24, 2.45) is 11.8 Å². The standard InChI is InChI=1S/C26H46O2/c1-8-12-14-21(10-3)19-27-24-17-16-23(26(5,6)7)18-25(24)28-20-22(11-4)15-13-9-2/h16-18,21-22H,8-15,19-20H2,1-7H3. The van der Waals surface area contributed by atoms with Gasteiger partial charge in [-0.25, -0.2) is 0 Å². The van der Waals surface area contributed by atoms with Crippen LogP contribution in [0, 0.1) is 11.8 Å². The third-order valence-electron chi connectivity index (χ3n) is 5.85. The SMILES string of the molecule is CCCCC(CC)COc1ccc(C(C)(C)C)cc1OCC(CC)CCCC. The quantitative estimate of drug-likeness (QED) is 0.319. The number of unbranched alkanes of at least 4 members (excludes halogenated alkanes) is 2. The molecule has 1 aromatic rings. The van der Waals surface area contributed by atoms with E-state index in [0.29, 0.717) is 11.8 Å². The van der Waals surface area contributed by atoms with Crippen LogP contribution in [0.1, 0.15) is 105 Å². The first-order valence-corrected chi connectivity index (χ1v) is 11.8. The fourth-order valence-electron chi connectivity index (χ4n) is 3.42. The second-order valence-corrected chi connectivity index (χ2v) is 9.37. The predicted molar refractivity (Wildman–Crippen MR) is 123 cm³/mol. The summed E-state index contributed by atoms with van der Waals surface area (Å²) in [6, 6.07) is 6.52. The van der Waals surface area contributed by atoms with Crippen LogP contribution < -0.4 is 9.47 Å². The van der Waals surface area contributed by atoms with Crippen molar-refractivity contribution < 1.29 is 9.47 Å². The molecule has 0 bridgehead atoms. The van der Waals surface area contributed by atoms with Crippen molar-refractivity contribution in [1.29, 1.82) is 0 Å². The van der Waals surface area contributed by atoms with E-state index in [1.54, 1.807) is 0 Å². The van der Waals surface area contributed by atoms with Crippen molar-refractivity contribution in [2.45, 2.75) is 105 Å². The van der Waals surface area contributed by atoms with Crippen LogP contribution in [0.4, 0.5) is 0 Å². The van der Waals surface area contributed by atoms with Crippen molar-refractivity contribution in [3.63, 3.8) is 0 Å². The second-order valence-electron chi connectivity index (χ2n) is 9.37. The van der Waals surface area contributed by atoms with E-state index < -0.39 is 0 Å². The lowest BCUT2D eigenvalue weighted by molar-refractivity contribution is 0.199. The Hall–Kier alpha value is -1.18. The molecule has 0 saturated carbocycles. The molecule has 0 amide bonds. The number of benzene rings is 1. The van der Waals surface area contributed by atoms with Crippen molar-refractivity contribution in [2.75, 3.05) is 13.2 Å². The average Bonchev–Trinajstić information content (AvgIpc) is 2.68. The van der Waals surface area contributed by atoms with E-state index >= 15 is 0 Å². The molecule has 1 rings (SSSR count). The molecule has 2 nitrogen and oxygen atoms in total. The Morgan fingerprint density at radius 2 is 1.25 bits per heavy atom. The minimum Gasteiger partial charge on any atom is -0.489 e. The molecule has 0 radical (unpaired) electrons. The molecular weight excluding hydrogens is 344 g/mol. The molecule has 0 heterocycles. The van der Waals surface area contributed by atoms with E-state index in [9.17, 15) is 0 Å². The Balaban J connectivity index is 2.89. The van der Waals surface area contributed by atoms with Gasteiger partial charge in [-0.3, -0.25) is 0 Å². The van der Waals surface area contributed by atoms with Crippen LogP contribution in [0.3, 0.4) is 0 Å². The highest BCUT2D eigenvalue weighted by Gasteiger charge is 2.18. The molecule has 2 unspecified atom stereocenters. The predicted octanol–water partition coefficient (Wildman–Crippen LogP) is 8.17. The Labute approximate surface area is 175 Å². The summed E-state index contributed by atoms with van der Waals surface area (Å²) in [5, 5.41) is 0. The summed E-state index contributed by atoms with van der Waals surface area (Å²) in [6.45, 7) is 17.4. The van der Waals surface area contributed by atoms with Crippen LogP contribution in [0.2, 0.25) is 0 Å². The highest BCUT2D eigenvalue weighted by Crippen LogP contribution is 2.34. The molecule has 0 fully saturated rings. The lowest BCUT2D eigenvalue weighted by Crippen LogP contribution is -2.16. The van der Waals surface area contributed by atoms with Gasteiger partial charge in [-0.1, -0.05) is 93.1 Å². The lowest BCUT2D eigenvalue weighted by atomic mass is 9.87. The molecule has 0 N–H and O–H groups in total. The van der Waals surface area contributed by atoms with Crippen LogP contribution in [0.25, 0.3) is 0 Å². The average molecular weight is 391 g/mol. The topological polar surface area (TPSA) is 18.5 Å². The van der Waals surface area contributed by atoms with Gasteiger partial charge in [0.2, 0.25) is 0 Å².